The van der Waals surface area contributed by atoms with Crippen LogP contribution in [0.1, 0.15) is 28.7 Å². The summed E-state index contributed by atoms with van der Waals surface area (Å²) in [5.41, 5.74) is 5.06. The van der Waals surface area contributed by atoms with Crippen molar-refractivity contribution >= 4 is 17.8 Å². The summed E-state index contributed by atoms with van der Waals surface area (Å²) in [5.74, 6) is 3.20. The summed E-state index contributed by atoms with van der Waals surface area (Å²) in [6.07, 6.45) is 8.55. The van der Waals surface area contributed by atoms with Gasteiger partial charge in [-0.25, -0.2) is 10.4 Å². The Labute approximate surface area is 163 Å². The van der Waals surface area contributed by atoms with Crippen molar-refractivity contribution in [2.75, 3.05) is 13.2 Å². The van der Waals surface area contributed by atoms with E-state index in [9.17, 15) is 4.79 Å². The summed E-state index contributed by atoms with van der Waals surface area (Å²) < 4.78 is 12.8. The molecule has 28 heavy (non-hydrogen) atoms. The minimum Gasteiger partial charge on any atom is -0.490 e. The average Bonchev–Trinajstić information content (AvgIpc) is 3.03. The number of amides is 1. The van der Waals surface area contributed by atoms with E-state index >= 15 is 0 Å². The number of fused-ring (bicyclic) bond motifs is 1. The van der Waals surface area contributed by atoms with Gasteiger partial charge in [0, 0.05) is 6.20 Å². The first-order valence-corrected chi connectivity index (χ1v) is 8.74. The Hall–Kier alpha value is -3.79. The number of aryl methyl sites for hydroxylation is 1. The van der Waals surface area contributed by atoms with Crippen LogP contribution in [0.15, 0.2) is 47.7 Å². The molecular weight excluding hydrogens is 356 g/mol. The monoisotopic (exact) mass is 376 g/mol. The van der Waals surface area contributed by atoms with Crippen molar-refractivity contribution in [3.63, 3.8) is 0 Å². The molecule has 0 saturated carbocycles. The number of nitrogens with one attached hydrogen (secondary N) is 1. The molecule has 0 aliphatic rings. The number of terminal acetylenes is 1. The third-order valence-electron chi connectivity index (χ3n) is 3.88. The summed E-state index contributed by atoms with van der Waals surface area (Å²) in [6, 6.07) is 10.9. The van der Waals surface area contributed by atoms with Gasteiger partial charge in [-0.1, -0.05) is 12.0 Å². The fourth-order valence-corrected chi connectivity index (χ4v) is 2.72. The molecule has 0 radical (unpaired) electrons. The lowest BCUT2D eigenvalue weighted by molar-refractivity contribution is 0.0948. The van der Waals surface area contributed by atoms with Gasteiger partial charge in [-0.2, -0.15) is 5.10 Å². The number of pyridine rings is 1. The molecule has 0 saturated heterocycles. The Morgan fingerprint density at radius 1 is 1.32 bits per heavy atom. The average molecular weight is 376 g/mol. The molecule has 1 amide bonds. The van der Waals surface area contributed by atoms with Crippen molar-refractivity contribution < 1.29 is 14.3 Å². The second-order valence-corrected chi connectivity index (χ2v) is 5.81. The van der Waals surface area contributed by atoms with Crippen LogP contribution in [0.5, 0.6) is 11.5 Å². The number of carbonyl (C=O) groups is 1. The van der Waals surface area contributed by atoms with Gasteiger partial charge in [-0.05, 0) is 49.7 Å². The number of ether oxygens (including phenoxy) is 2. The lowest BCUT2D eigenvalue weighted by Gasteiger charge is -2.10. The molecule has 0 spiro atoms. The molecule has 0 atom stereocenters. The Morgan fingerprint density at radius 2 is 2.18 bits per heavy atom. The van der Waals surface area contributed by atoms with Gasteiger partial charge in [0.1, 0.15) is 17.9 Å². The minimum atomic E-state index is -0.341. The van der Waals surface area contributed by atoms with Gasteiger partial charge in [0.25, 0.3) is 5.91 Å². The molecule has 0 fully saturated rings. The molecule has 0 aliphatic heterocycles. The van der Waals surface area contributed by atoms with E-state index in [2.05, 4.69) is 21.4 Å². The molecule has 0 unspecified atom stereocenters. The van der Waals surface area contributed by atoms with E-state index in [-0.39, 0.29) is 12.5 Å². The van der Waals surface area contributed by atoms with Gasteiger partial charge >= 0.3 is 0 Å². The predicted octanol–water partition coefficient (Wildman–Crippen LogP) is 2.82. The van der Waals surface area contributed by atoms with Crippen molar-refractivity contribution in [1.82, 2.24) is 14.8 Å². The Morgan fingerprint density at radius 3 is 2.96 bits per heavy atom. The highest BCUT2D eigenvalue weighted by atomic mass is 16.5. The van der Waals surface area contributed by atoms with Crippen molar-refractivity contribution in [1.29, 1.82) is 0 Å². The van der Waals surface area contributed by atoms with Gasteiger partial charge in [-0.15, -0.1) is 6.42 Å². The third-order valence-corrected chi connectivity index (χ3v) is 3.88. The molecule has 3 aromatic rings. The molecule has 1 N–H and O–H groups in total. The second-order valence-electron chi connectivity index (χ2n) is 5.81. The van der Waals surface area contributed by atoms with Crippen molar-refractivity contribution in [2.24, 2.45) is 5.10 Å². The topological polar surface area (TPSA) is 77.2 Å². The lowest BCUT2D eigenvalue weighted by atomic mass is 10.2. The van der Waals surface area contributed by atoms with Gasteiger partial charge in [-0.3, -0.25) is 9.20 Å². The fourth-order valence-electron chi connectivity index (χ4n) is 2.72. The first kappa shape index (κ1) is 19.0. The van der Waals surface area contributed by atoms with E-state index < -0.39 is 0 Å². The summed E-state index contributed by atoms with van der Waals surface area (Å²) in [6.45, 7) is 4.30. The van der Waals surface area contributed by atoms with E-state index in [1.54, 1.807) is 35.7 Å². The number of rotatable bonds is 7. The molecule has 7 heteroatoms. The second kappa shape index (κ2) is 8.73. The van der Waals surface area contributed by atoms with Crippen LogP contribution in [0.25, 0.3) is 5.65 Å². The van der Waals surface area contributed by atoms with Crippen LogP contribution >= 0.6 is 0 Å². The highest BCUT2D eigenvalue weighted by molar-refractivity contribution is 5.95. The van der Waals surface area contributed by atoms with Gasteiger partial charge in [0.15, 0.2) is 11.5 Å². The summed E-state index contributed by atoms with van der Waals surface area (Å²) >= 11 is 0. The molecule has 2 aromatic heterocycles. The molecule has 0 aliphatic carbocycles. The van der Waals surface area contributed by atoms with Gasteiger partial charge < -0.3 is 9.47 Å². The largest absolute Gasteiger partial charge is 0.490 e. The number of nitrogens with zero attached hydrogens (tertiary/aromatic N) is 3. The summed E-state index contributed by atoms with van der Waals surface area (Å²) in [4.78, 5) is 16.9. The standard InChI is InChI=1S/C21H20N4O3/c1-4-12-28-17-10-9-16(13-18(17)27-5-2)14-22-24-21(26)20-15(3)23-19-8-6-7-11-25(19)20/h1,6-11,13-14H,5,12H2,2-3H3,(H,24,26)/b22-14-. The minimum absolute atomic E-state index is 0.155. The zero-order valence-corrected chi connectivity index (χ0v) is 15.7. The molecule has 2 heterocycles. The number of carbonyl (C=O) groups excluding carboxylic acids is 1. The lowest BCUT2D eigenvalue weighted by Crippen LogP contribution is -2.20. The maximum Gasteiger partial charge on any atom is 0.290 e. The van der Waals surface area contributed by atoms with Crippen LogP contribution in [0.3, 0.4) is 0 Å². The van der Waals surface area contributed by atoms with E-state index in [4.69, 9.17) is 15.9 Å². The number of hydrogen-bond acceptors (Lipinski definition) is 5. The van der Waals surface area contributed by atoms with E-state index in [1.807, 2.05) is 25.1 Å². The van der Waals surface area contributed by atoms with Crippen LogP contribution in [-0.4, -0.2) is 34.7 Å². The number of aromatic nitrogens is 2. The smallest absolute Gasteiger partial charge is 0.290 e. The van der Waals surface area contributed by atoms with Crippen molar-refractivity contribution in [3.05, 3.63) is 59.5 Å². The number of imidazole rings is 1. The molecule has 142 valence electrons. The fraction of sp³-hybridized carbons (Fsp3) is 0.190. The zero-order valence-electron chi connectivity index (χ0n) is 15.7. The highest BCUT2D eigenvalue weighted by Crippen LogP contribution is 2.28. The predicted molar refractivity (Wildman–Crippen MR) is 107 cm³/mol. The van der Waals surface area contributed by atoms with E-state index in [1.165, 1.54) is 6.21 Å². The first-order valence-electron chi connectivity index (χ1n) is 8.74. The quantitative estimate of drug-likeness (QED) is 0.391. The Balaban J connectivity index is 1.75. The normalized spacial score (nSPS) is 10.8. The highest BCUT2D eigenvalue weighted by Gasteiger charge is 2.15. The van der Waals surface area contributed by atoms with E-state index in [0.717, 1.165) is 5.56 Å². The number of hydrogen-bond donors (Lipinski definition) is 1. The maximum atomic E-state index is 12.5. The third kappa shape index (κ3) is 4.13. The Bertz CT molecular complexity index is 1060. The molecule has 7 nitrogen and oxygen atoms in total. The zero-order chi connectivity index (χ0) is 19.9. The first-order chi connectivity index (χ1) is 13.6. The van der Waals surface area contributed by atoms with Crippen LogP contribution < -0.4 is 14.9 Å². The molecule has 1 aromatic carbocycles. The summed E-state index contributed by atoms with van der Waals surface area (Å²) in [5, 5.41) is 4.04. The van der Waals surface area contributed by atoms with Crippen molar-refractivity contribution in [3.8, 4) is 23.8 Å². The van der Waals surface area contributed by atoms with Gasteiger partial charge in [0.05, 0.1) is 18.5 Å². The molecule has 0 bridgehead atoms. The van der Waals surface area contributed by atoms with E-state index in [0.29, 0.717) is 35.1 Å². The molecule has 3 rings (SSSR count). The molecular formula is C21H20N4O3. The SMILES string of the molecule is C#CCOc1ccc(/C=N\NC(=O)c2c(C)nc3ccccn23)cc1OCC. The maximum absolute atomic E-state index is 12.5. The summed E-state index contributed by atoms with van der Waals surface area (Å²) in [7, 11) is 0. The number of hydrazone groups is 1. The van der Waals surface area contributed by atoms with Crippen LogP contribution in [0, 0.1) is 19.3 Å². The van der Waals surface area contributed by atoms with Crippen LogP contribution in [-0.2, 0) is 0 Å². The van der Waals surface area contributed by atoms with Crippen LogP contribution in [0.2, 0.25) is 0 Å². The van der Waals surface area contributed by atoms with Crippen molar-refractivity contribution in [2.45, 2.75) is 13.8 Å². The number of benzene rings is 1. The Kier molecular flexibility index (Phi) is 5.92. The van der Waals surface area contributed by atoms with Gasteiger partial charge in [0.2, 0.25) is 0 Å². The van der Waals surface area contributed by atoms with Crippen LogP contribution in [0.4, 0.5) is 0 Å².